The summed E-state index contributed by atoms with van der Waals surface area (Å²) in [5.74, 6) is 0.634. The Bertz CT molecular complexity index is 413. The van der Waals surface area contributed by atoms with E-state index in [-0.39, 0.29) is 11.2 Å². The molecule has 0 spiro atoms. The topological polar surface area (TPSA) is 41.5 Å². The Morgan fingerprint density at radius 3 is 2.50 bits per heavy atom. The number of aromatic hydroxyl groups is 1. The summed E-state index contributed by atoms with van der Waals surface area (Å²) in [6.45, 7) is 9.54. The van der Waals surface area contributed by atoms with E-state index in [1.54, 1.807) is 7.11 Å². The standard InChI is InChI=1S/C14H22BrNO2/c1-9(14(2,3)4)16-8-10-6-11(15)13(17)12(7-10)18-5/h6-7,9,16-17H,8H2,1-5H3. The van der Waals surface area contributed by atoms with Gasteiger partial charge in [-0.1, -0.05) is 20.8 Å². The number of benzene rings is 1. The smallest absolute Gasteiger partial charge is 0.172 e. The number of hydrogen-bond donors (Lipinski definition) is 2. The third-order valence-corrected chi connectivity index (χ3v) is 3.82. The summed E-state index contributed by atoms with van der Waals surface area (Å²) in [5.41, 5.74) is 1.30. The highest BCUT2D eigenvalue weighted by Gasteiger charge is 2.19. The lowest BCUT2D eigenvalue weighted by Gasteiger charge is -2.28. The molecule has 0 aromatic heterocycles. The van der Waals surface area contributed by atoms with Gasteiger partial charge in [0.25, 0.3) is 0 Å². The maximum Gasteiger partial charge on any atom is 0.172 e. The summed E-state index contributed by atoms with van der Waals surface area (Å²) in [6, 6.07) is 4.15. The van der Waals surface area contributed by atoms with E-state index in [0.717, 1.165) is 12.1 Å². The highest BCUT2D eigenvalue weighted by molar-refractivity contribution is 9.10. The van der Waals surface area contributed by atoms with Gasteiger partial charge in [0.05, 0.1) is 11.6 Å². The van der Waals surface area contributed by atoms with Gasteiger partial charge in [0.15, 0.2) is 11.5 Å². The minimum absolute atomic E-state index is 0.144. The third-order valence-electron chi connectivity index (χ3n) is 3.22. The first-order valence-corrected chi connectivity index (χ1v) is 6.83. The molecule has 0 aliphatic rings. The van der Waals surface area contributed by atoms with Gasteiger partial charge in [0.2, 0.25) is 0 Å². The van der Waals surface area contributed by atoms with Crippen LogP contribution < -0.4 is 10.1 Å². The summed E-state index contributed by atoms with van der Waals surface area (Å²) in [4.78, 5) is 0. The number of nitrogens with one attached hydrogen (secondary N) is 1. The third kappa shape index (κ3) is 3.89. The minimum atomic E-state index is 0.144. The van der Waals surface area contributed by atoms with Crippen LogP contribution in [0.15, 0.2) is 16.6 Å². The molecule has 0 saturated carbocycles. The van der Waals surface area contributed by atoms with Crippen molar-refractivity contribution in [3.8, 4) is 11.5 Å². The normalized spacial score (nSPS) is 13.4. The van der Waals surface area contributed by atoms with E-state index in [1.165, 1.54) is 0 Å². The summed E-state index contributed by atoms with van der Waals surface area (Å²) in [5, 5.41) is 13.2. The van der Waals surface area contributed by atoms with Gasteiger partial charge in [-0.05, 0) is 46.0 Å². The molecule has 1 unspecified atom stereocenters. The molecule has 4 heteroatoms. The molecule has 1 aromatic rings. The monoisotopic (exact) mass is 315 g/mol. The summed E-state index contributed by atoms with van der Waals surface area (Å²) in [7, 11) is 1.55. The first-order valence-electron chi connectivity index (χ1n) is 6.04. The molecule has 0 aliphatic carbocycles. The van der Waals surface area contributed by atoms with Crippen molar-refractivity contribution < 1.29 is 9.84 Å². The highest BCUT2D eigenvalue weighted by Crippen LogP contribution is 2.35. The molecule has 1 rings (SSSR count). The number of methoxy groups -OCH3 is 1. The molecule has 1 atom stereocenters. The van der Waals surface area contributed by atoms with Gasteiger partial charge >= 0.3 is 0 Å². The Labute approximate surface area is 118 Å². The van der Waals surface area contributed by atoms with Gasteiger partial charge in [0, 0.05) is 12.6 Å². The predicted molar refractivity (Wildman–Crippen MR) is 78.1 cm³/mol. The van der Waals surface area contributed by atoms with Crippen LogP contribution in [0.5, 0.6) is 11.5 Å². The quantitative estimate of drug-likeness (QED) is 0.890. The van der Waals surface area contributed by atoms with Crippen molar-refractivity contribution in [1.82, 2.24) is 5.32 Å². The van der Waals surface area contributed by atoms with E-state index in [2.05, 4.69) is 48.9 Å². The Hall–Kier alpha value is -0.740. The molecular weight excluding hydrogens is 294 g/mol. The summed E-state index contributed by atoms with van der Waals surface area (Å²) < 4.78 is 5.79. The zero-order valence-corrected chi connectivity index (χ0v) is 13.3. The van der Waals surface area contributed by atoms with E-state index in [0.29, 0.717) is 16.3 Å². The number of rotatable bonds is 4. The Balaban J connectivity index is 2.77. The lowest BCUT2D eigenvalue weighted by atomic mass is 9.88. The van der Waals surface area contributed by atoms with Gasteiger partial charge in [0.1, 0.15) is 0 Å². The molecule has 102 valence electrons. The molecule has 0 heterocycles. The number of phenols is 1. The zero-order chi connectivity index (χ0) is 13.9. The van der Waals surface area contributed by atoms with Gasteiger partial charge in [-0.2, -0.15) is 0 Å². The van der Waals surface area contributed by atoms with Crippen molar-refractivity contribution >= 4 is 15.9 Å². The second kappa shape index (κ2) is 5.93. The van der Waals surface area contributed by atoms with Crippen molar-refractivity contribution in [2.45, 2.75) is 40.3 Å². The van der Waals surface area contributed by atoms with Crippen LogP contribution in [0.3, 0.4) is 0 Å². The van der Waals surface area contributed by atoms with Crippen LogP contribution in [0.1, 0.15) is 33.3 Å². The zero-order valence-electron chi connectivity index (χ0n) is 11.7. The summed E-state index contributed by atoms with van der Waals surface area (Å²) in [6.07, 6.45) is 0. The highest BCUT2D eigenvalue weighted by atomic mass is 79.9. The molecule has 0 aliphatic heterocycles. The molecule has 0 bridgehead atoms. The maximum absolute atomic E-state index is 9.74. The minimum Gasteiger partial charge on any atom is -0.503 e. The van der Waals surface area contributed by atoms with Crippen molar-refractivity contribution in [1.29, 1.82) is 0 Å². The van der Waals surface area contributed by atoms with Crippen LogP contribution >= 0.6 is 15.9 Å². The molecule has 3 nitrogen and oxygen atoms in total. The Kier molecular flexibility index (Phi) is 5.05. The van der Waals surface area contributed by atoms with Crippen LogP contribution in [-0.2, 0) is 6.54 Å². The Morgan fingerprint density at radius 1 is 1.39 bits per heavy atom. The van der Waals surface area contributed by atoms with Crippen LogP contribution in [0.2, 0.25) is 0 Å². The van der Waals surface area contributed by atoms with Gasteiger partial charge in [-0.15, -0.1) is 0 Å². The molecule has 0 radical (unpaired) electrons. The second-order valence-electron chi connectivity index (χ2n) is 5.60. The van der Waals surface area contributed by atoms with E-state index in [4.69, 9.17) is 4.74 Å². The lowest BCUT2D eigenvalue weighted by Crippen LogP contribution is -2.37. The molecule has 1 aromatic carbocycles. The van der Waals surface area contributed by atoms with Crippen molar-refractivity contribution in [2.24, 2.45) is 5.41 Å². The molecule has 0 saturated heterocycles. The van der Waals surface area contributed by atoms with Gasteiger partial charge < -0.3 is 15.2 Å². The van der Waals surface area contributed by atoms with E-state index in [1.807, 2.05) is 12.1 Å². The number of phenolic OH excluding ortho intramolecular Hbond substituents is 1. The van der Waals surface area contributed by atoms with E-state index >= 15 is 0 Å². The Morgan fingerprint density at radius 2 is 2.00 bits per heavy atom. The van der Waals surface area contributed by atoms with Gasteiger partial charge in [-0.3, -0.25) is 0 Å². The number of hydrogen-bond acceptors (Lipinski definition) is 3. The fourth-order valence-electron chi connectivity index (χ4n) is 1.46. The molecule has 0 amide bonds. The lowest BCUT2D eigenvalue weighted by molar-refractivity contribution is 0.285. The largest absolute Gasteiger partial charge is 0.503 e. The second-order valence-corrected chi connectivity index (χ2v) is 6.45. The first kappa shape index (κ1) is 15.3. The SMILES string of the molecule is COc1cc(CNC(C)C(C)(C)C)cc(Br)c1O. The van der Waals surface area contributed by atoms with E-state index < -0.39 is 0 Å². The molecule has 0 fully saturated rings. The molecule has 18 heavy (non-hydrogen) atoms. The van der Waals surface area contributed by atoms with Crippen molar-refractivity contribution in [3.05, 3.63) is 22.2 Å². The van der Waals surface area contributed by atoms with Crippen LogP contribution in [0, 0.1) is 5.41 Å². The summed E-state index contributed by atoms with van der Waals surface area (Å²) >= 11 is 3.33. The van der Waals surface area contributed by atoms with Crippen LogP contribution in [0.25, 0.3) is 0 Å². The maximum atomic E-state index is 9.74. The molecular formula is C14H22BrNO2. The van der Waals surface area contributed by atoms with E-state index in [9.17, 15) is 5.11 Å². The van der Waals surface area contributed by atoms with Crippen molar-refractivity contribution in [3.63, 3.8) is 0 Å². The average Bonchev–Trinajstić information content (AvgIpc) is 2.28. The van der Waals surface area contributed by atoms with Crippen LogP contribution in [-0.4, -0.2) is 18.3 Å². The van der Waals surface area contributed by atoms with Crippen molar-refractivity contribution in [2.75, 3.05) is 7.11 Å². The average molecular weight is 316 g/mol. The molecule has 2 N–H and O–H groups in total. The fourth-order valence-corrected chi connectivity index (χ4v) is 1.95. The van der Waals surface area contributed by atoms with Crippen LogP contribution in [0.4, 0.5) is 0 Å². The number of halogens is 1. The first-order chi connectivity index (χ1) is 8.25. The van der Waals surface area contributed by atoms with Gasteiger partial charge in [-0.25, -0.2) is 0 Å². The fraction of sp³-hybridized carbons (Fsp3) is 0.571. The predicted octanol–water partition coefficient (Wildman–Crippen LogP) is 3.69. The number of ether oxygens (including phenoxy) is 1.